The number of hydrogen-bond donors (Lipinski definition) is 1. The van der Waals surface area contributed by atoms with Crippen molar-refractivity contribution < 1.29 is 23.8 Å². The summed E-state index contributed by atoms with van der Waals surface area (Å²) in [4.78, 5) is 10.5. The molecule has 0 aliphatic carbocycles. The predicted molar refractivity (Wildman–Crippen MR) is 69.7 cm³/mol. The number of aliphatic carboxylic acids is 1. The first-order valence-electron chi connectivity index (χ1n) is 6.05. The molecule has 5 heteroatoms. The quantitative estimate of drug-likeness (QED) is 0.582. The molecule has 0 fully saturated rings. The summed E-state index contributed by atoms with van der Waals surface area (Å²) in [5.41, 5.74) is 0.387. The highest BCUT2D eigenvalue weighted by atomic mass is 19.1. The van der Waals surface area contributed by atoms with Gasteiger partial charge < -0.3 is 14.6 Å². The SMILES string of the molecule is CCCOCCOc1c(F)cccc1/C=C/C(=O)O. The Kier molecular flexibility index (Phi) is 6.60. The van der Waals surface area contributed by atoms with Crippen molar-refractivity contribution in [2.24, 2.45) is 0 Å². The molecule has 0 unspecified atom stereocenters. The molecule has 0 atom stereocenters. The van der Waals surface area contributed by atoms with Crippen LogP contribution >= 0.6 is 0 Å². The van der Waals surface area contributed by atoms with Gasteiger partial charge in [0, 0.05) is 18.2 Å². The van der Waals surface area contributed by atoms with Gasteiger partial charge in [0.25, 0.3) is 0 Å². The highest BCUT2D eigenvalue weighted by molar-refractivity contribution is 5.85. The van der Waals surface area contributed by atoms with Gasteiger partial charge in [0.1, 0.15) is 6.61 Å². The zero-order valence-electron chi connectivity index (χ0n) is 10.8. The van der Waals surface area contributed by atoms with Gasteiger partial charge in [-0.15, -0.1) is 0 Å². The van der Waals surface area contributed by atoms with Gasteiger partial charge in [-0.05, 0) is 18.6 Å². The molecule has 0 heterocycles. The highest BCUT2D eigenvalue weighted by Crippen LogP contribution is 2.23. The molecular formula is C14H17FO4. The molecule has 0 saturated carbocycles. The number of carbonyl (C=O) groups is 1. The van der Waals surface area contributed by atoms with Crippen molar-refractivity contribution >= 4 is 12.0 Å². The third-order valence-electron chi connectivity index (χ3n) is 2.23. The molecule has 1 aromatic rings. The summed E-state index contributed by atoms with van der Waals surface area (Å²) in [6, 6.07) is 4.35. The smallest absolute Gasteiger partial charge is 0.328 e. The Morgan fingerprint density at radius 3 is 2.84 bits per heavy atom. The van der Waals surface area contributed by atoms with Crippen LogP contribution in [0.2, 0.25) is 0 Å². The summed E-state index contributed by atoms with van der Waals surface area (Å²) in [6.07, 6.45) is 3.15. The third kappa shape index (κ3) is 5.52. The number of carboxylic acid groups (broad SMARTS) is 1. The van der Waals surface area contributed by atoms with Gasteiger partial charge >= 0.3 is 5.97 Å². The highest BCUT2D eigenvalue weighted by Gasteiger charge is 2.07. The van der Waals surface area contributed by atoms with Crippen molar-refractivity contribution in [1.29, 1.82) is 0 Å². The zero-order chi connectivity index (χ0) is 14.1. The van der Waals surface area contributed by atoms with E-state index in [9.17, 15) is 9.18 Å². The summed E-state index contributed by atoms with van der Waals surface area (Å²) in [7, 11) is 0. The lowest BCUT2D eigenvalue weighted by Crippen LogP contribution is -2.08. The van der Waals surface area contributed by atoms with E-state index in [-0.39, 0.29) is 12.4 Å². The average molecular weight is 268 g/mol. The summed E-state index contributed by atoms with van der Waals surface area (Å²) >= 11 is 0. The van der Waals surface area contributed by atoms with Gasteiger partial charge in [0.05, 0.1) is 6.61 Å². The molecule has 104 valence electrons. The molecule has 19 heavy (non-hydrogen) atoms. The topological polar surface area (TPSA) is 55.8 Å². The van der Waals surface area contributed by atoms with E-state index in [1.807, 2.05) is 6.92 Å². The molecule has 0 spiro atoms. The maximum Gasteiger partial charge on any atom is 0.328 e. The zero-order valence-corrected chi connectivity index (χ0v) is 10.8. The second kappa shape index (κ2) is 8.26. The monoisotopic (exact) mass is 268 g/mol. The Bertz CT molecular complexity index is 443. The maximum atomic E-state index is 13.6. The lowest BCUT2D eigenvalue weighted by Gasteiger charge is -2.10. The lowest BCUT2D eigenvalue weighted by molar-refractivity contribution is -0.131. The molecule has 0 amide bonds. The number of halogens is 1. The Morgan fingerprint density at radius 2 is 2.16 bits per heavy atom. The predicted octanol–water partition coefficient (Wildman–Crippen LogP) is 2.73. The fourth-order valence-electron chi connectivity index (χ4n) is 1.42. The van der Waals surface area contributed by atoms with Gasteiger partial charge in [-0.25, -0.2) is 9.18 Å². The van der Waals surface area contributed by atoms with Crippen LogP contribution < -0.4 is 4.74 Å². The first kappa shape index (κ1) is 15.2. The van der Waals surface area contributed by atoms with Crippen LogP contribution in [-0.4, -0.2) is 30.9 Å². The van der Waals surface area contributed by atoms with Crippen LogP contribution in [0.3, 0.4) is 0 Å². The lowest BCUT2D eigenvalue weighted by atomic mass is 10.2. The van der Waals surface area contributed by atoms with Crippen LogP contribution in [0.4, 0.5) is 4.39 Å². The minimum Gasteiger partial charge on any atom is -0.487 e. The Balaban J connectivity index is 2.66. The molecule has 4 nitrogen and oxygen atoms in total. The largest absolute Gasteiger partial charge is 0.487 e. The first-order chi connectivity index (χ1) is 9.15. The van der Waals surface area contributed by atoms with Crippen molar-refractivity contribution in [3.05, 3.63) is 35.7 Å². The van der Waals surface area contributed by atoms with Crippen LogP contribution in [0.5, 0.6) is 5.75 Å². The molecule has 1 rings (SSSR count). The van der Waals surface area contributed by atoms with Crippen LogP contribution in [0.25, 0.3) is 6.08 Å². The van der Waals surface area contributed by atoms with Crippen molar-refractivity contribution in [3.8, 4) is 5.75 Å². The summed E-state index contributed by atoms with van der Waals surface area (Å²) in [5.74, 6) is -1.58. The fourth-order valence-corrected chi connectivity index (χ4v) is 1.42. The Hall–Kier alpha value is -1.88. The van der Waals surface area contributed by atoms with E-state index in [4.69, 9.17) is 14.6 Å². The summed E-state index contributed by atoms with van der Waals surface area (Å²) in [6.45, 7) is 3.21. The summed E-state index contributed by atoms with van der Waals surface area (Å²) in [5, 5.41) is 8.57. The van der Waals surface area contributed by atoms with Gasteiger partial charge in [0.2, 0.25) is 0 Å². The molecule has 0 saturated heterocycles. The molecule has 0 bridgehead atoms. The van der Waals surface area contributed by atoms with E-state index in [1.165, 1.54) is 18.2 Å². The minimum atomic E-state index is -1.10. The van der Waals surface area contributed by atoms with Crippen molar-refractivity contribution in [2.75, 3.05) is 19.8 Å². The van der Waals surface area contributed by atoms with E-state index >= 15 is 0 Å². The maximum absolute atomic E-state index is 13.6. The van der Waals surface area contributed by atoms with E-state index in [0.29, 0.717) is 18.8 Å². The van der Waals surface area contributed by atoms with Crippen LogP contribution in [-0.2, 0) is 9.53 Å². The minimum absolute atomic E-state index is 0.0418. The van der Waals surface area contributed by atoms with Crippen molar-refractivity contribution in [2.45, 2.75) is 13.3 Å². The normalized spacial score (nSPS) is 10.8. The molecule has 0 radical (unpaired) electrons. The van der Waals surface area contributed by atoms with Gasteiger partial charge in [-0.1, -0.05) is 19.1 Å². The van der Waals surface area contributed by atoms with E-state index in [2.05, 4.69) is 0 Å². The third-order valence-corrected chi connectivity index (χ3v) is 2.23. The molecule has 0 aliphatic heterocycles. The van der Waals surface area contributed by atoms with Crippen LogP contribution in [0, 0.1) is 5.82 Å². The molecule has 1 N–H and O–H groups in total. The first-order valence-corrected chi connectivity index (χ1v) is 6.05. The van der Waals surface area contributed by atoms with E-state index < -0.39 is 11.8 Å². The molecule has 0 aliphatic rings. The van der Waals surface area contributed by atoms with Crippen LogP contribution in [0.15, 0.2) is 24.3 Å². The van der Waals surface area contributed by atoms with E-state index in [0.717, 1.165) is 12.5 Å². The van der Waals surface area contributed by atoms with Crippen molar-refractivity contribution in [3.63, 3.8) is 0 Å². The molecule has 1 aromatic carbocycles. The fraction of sp³-hybridized carbons (Fsp3) is 0.357. The number of hydrogen-bond acceptors (Lipinski definition) is 3. The number of benzene rings is 1. The molecular weight excluding hydrogens is 251 g/mol. The van der Waals surface area contributed by atoms with E-state index in [1.54, 1.807) is 6.07 Å². The van der Waals surface area contributed by atoms with Gasteiger partial charge in [0.15, 0.2) is 11.6 Å². The molecule has 0 aromatic heterocycles. The Morgan fingerprint density at radius 1 is 1.37 bits per heavy atom. The standard InChI is InChI=1S/C14H17FO4/c1-2-8-18-9-10-19-14-11(6-7-13(16)17)4-3-5-12(14)15/h3-7H,2,8-10H2,1H3,(H,16,17)/b7-6+. The average Bonchev–Trinajstić information content (AvgIpc) is 2.38. The van der Waals surface area contributed by atoms with Gasteiger partial charge in [-0.2, -0.15) is 0 Å². The van der Waals surface area contributed by atoms with Gasteiger partial charge in [-0.3, -0.25) is 0 Å². The Labute approximate surface area is 111 Å². The number of para-hydroxylation sites is 1. The number of ether oxygens (including phenoxy) is 2. The van der Waals surface area contributed by atoms with Crippen molar-refractivity contribution in [1.82, 2.24) is 0 Å². The number of rotatable bonds is 8. The second-order valence-electron chi connectivity index (χ2n) is 3.79. The van der Waals surface area contributed by atoms with Crippen LogP contribution in [0.1, 0.15) is 18.9 Å². The number of carboxylic acids is 1. The summed E-state index contributed by atoms with van der Waals surface area (Å²) < 4.78 is 24.1. The second-order valence-corrected chi connectivity index (χ2v) is 3.79.